The van der Waals surface area contributed by atoms with Gasteiger partial charge in [-0.3, -0.25) is 0 Å². The van der Waals surface area contributed by atoms with Crippen LogP contribution in [0.1, 0.15) is 91.5 Å². The van der Waals surface area contributed by atoms with Crippen LogP contribution in [0.4, 0.5) is 0 Å². The predicted octanol–water partition coefficient (Wildman–Crippen LogP) is 9.59. The average molecular weight is 602 g/mol. The van der Waals surface area contributed by atoms with Gasteiger partial charge in [0.15, 0.2) is 0 Å². The Hall–Kier alpha value is -3.71. The largest absolute Gasteiger partial charge is 0.392 e. The molecule has 0 aromatic heterocycles. The summed E-state index contributed by atoms with van der Waals surface area (Å²) in [5, 5.41) is 20.7. The van der Waals surface area contributed by atoms with Crippen LogP contribution in [0.15, 0.2) is 96.2 Å². The molecule has 3 atom stereocenters. The van der Waals surface area contributed by atoms with Crippen molar-refractivity contribution in [3.8, 4) is 6.07 Å². The fraction of sp³-hybridized carbons (Fsp3) is 0.405. The van der Waals surface area contributed by atoms with Gasteiger partial charge in [0, 0.05) is 0 Å². The first-order chi connectivity index (χ1) is 21.5. The number of epoxide rings is 1. The zero-order valence-electron chi connectivity index (χ0n) is 28.4. The summed E-state index contributed by atoms with van der Waals surface area (Å²) in [5.41, 5.74) is 13.0. The van der Waals surface area contributed by atoms with E-state index in [0.29, 0.717) is 18.4 Å². The van der Waals surface area contributed by atoms with Crippen LogP contribution in [-0.2, 0) is 36.0 Å². The fourth-order valence-corrected chi connectivity index (χ4v) is 7.03. The van der Waals surface area contributed by atoms with Gasteiger partial charge in [-0.15, -0.1) is 0 Å². The molecule has 1 aliphatic carbocycles. The van der Waals surface area contributed by atoms with Gasteiger partial charge in [0.25, 0.3) is 0 Å². The van der Waals surface area contributed by atoms with Gasteiger partial charge in [-0.1, -0.05) is 94.1 Å². The van der Waals surface area contributed by atoms with E-state index in [1.807, 2.05) is 26.0 Å². The molecular formula is C42H51NO2. The Morgan fingerprint density at radius 1 is 1.11 bits per heavy atom. The van der Waals surface area contributed by atoms with Crippen LogP contribution < -0.4 is 0 Å². The van der Waals surface area contributed by atoms with Gasteiger partial charge in [0.05, 0.1) is 37.2 Å². The lowest BCUT2D eigenvalue weighted by Gasteiger charge is -2.36. The molecule has 0 spiro atoms. The highest BCUT2D eigenvalue weighted by Crippen LogP contribution is 2.58. The van der Waals surface area contributed by atoms with Crippen molar-refractivity contribution < 1.29 is 9.84 Å². The highest BCUT2D eigenvalue weighted by molar-refractivity contribution is 5.80. The second-order valence-corrected chi connectivity index (χ2v) is 13.1. The number of aliphatic hydroxyl groups excluding tert-OH is 1. The van der Waals surface area contributed by atoms with Crippen molar-refractivity contribution in [1.29, 1.82) is 5.26 Å². The van der Waals surface area contributed by atoms with E-state index in [2.05, 4.69) is 83.3 Å². The smallest absolute Gasteiger partial charge is 0.0813 e. The highest BCUT2D eigenvalue weighted by atomic mass is 16.6. The van der Waals surface area contributed by atoms with Crippen LogP contribution in [0.3, 0.4) is 0 Å². The van der Waals surface area contributed by atoms with E-state index < -0.39 is 5.41 Å². The van der Waals surface area contributed by atoms with Gasteiger partial charge in [0.2, 0.25) is 0 Å². The molecule has 45 heavy (non-hydrogen) atoms. The molecule has 236 valence electrons. The molecule has 3 heteroatoms. The third-order valence-electron chi connectivity index (χ3n) is 9.82. The maximum absolute atomic E-state index is 10.8. The van der Waals surface area contributed by atoms with Crippen LogP contribution in [-0.4, -0.2) is 17.8 Å². The number of allylic oxidation sites excluding steroid dienone is 9. The van der Waals surface area contributed by atoms with Crippen LogP contribution in [0, 0.1) is 31.1 Å². The summed E-state index contributed by atoms with van der Waals surface area (Å²) in [5.74, 6) is 0.621. The normalized spacial score (nSPS) is 22.0. The maximum Gasteiger partial charge on any atom is 0.0813 e. The maximum atomic E-state index is 10.8. The van der Waals surface area contributed by atoms with Gasteiger partial charge >= 0.3 is 0 Å². The second-order valence-electron chi connectivity index (χ2n) is 13.1. The number of benzene rings is 2. The number of aliphatic hydroxyl groups is 1. The molecule has 1 saturated heterocycles. The number of rotatable bonds is 13. The number of hydrogen-bond acceptors (Lipinski definition) is 3. The zero-order valence-corrected chi connectivity index (χ0v) is 28.4. The summed E-state index contributed by atoms with van der Waals surface area (Å²) in [4.78, 5) is 0. The lowest BCUT2D eigenvalue weighted by Crippen LogP contribution is -2.30. The number of hydrogen-bond donors (Lipinski definition) is 1. The Morgan fingerprint density at radius 2 is 1.73 bits per heavy atom. The average Bonchev–Trinajstić information content (AvgIpc) is 3.81. The summed E-state index contributed by atoms with van der Waals surface area (Å²) in [6.45, 7) is 27.4. The van der Waals surface area contributed by atoms with Gasteiger partial charge < -0.3 is 9.84 Å². The Labute approximate surface area is 272 Å². The van der Waals surface area contributed by atoms with E-state index in [-0.39, 0.29) is 6.61 Å². The molecule has 2 aromatic carbocycles. The fourth-order valence-electron chi connectivity index (χ4n) is 7.03. The van der Waals surface area contributed by atoms with E-state index in [4.69, 9.17) is 11.3 Å². The highest BCUT2D eigenvalue weighted by Gasteiger charge is 2.49. The lowest BCUT2D eigenvalue weighted by atomic mass is 9.65. The third kappa shape index (κ3) is 6.94. The van der Waals surface area contributed by atoms with Crippen LogP contribution in [0.25, 0.3) is 0 Å². The van der Waals surface area contributed by atoms with E-state index in [0.717, 1.165) is 88.8 Å². The van der Waals surface area contributed by atoms with E-state index in [9.17, 15) is 10.4 Å². The molecule has 0 radical (unpaired) electrons. The zero-order chi connectivity index (χ0) is 32.9. The van der Waals surface area contributed by atoms with Crippen molar-refractivity contribution >= 4 is 0 Å². The quantitative estimate of drug-likeness (QED) is 0.233. The third-order valence-corrected chi connectivity index (χ3v) is 9.82. The van der Waals surface area contributed by atoms with E-state index in [1.165, 1.54) is 22.3 Å². The van der Waals surface area contributed by atoms with Crippen molar-refractivity contribution in [2.24, 2.45) is 5.92 Å². The Morgan fingerprint density at radius 3 is 2.27 bits per heavy atom. The molecule has 1 N–H and O–H groups in total. The van der Waals surface area contributed by atoms with Crippen molar-refractivity contribution in [1.82, 2.24) is 0 Å². The Bertz CT molecular complexity index is 1620. The molecule has 3 nitrogen and oxygen atoms in total. The topological polar surface area (TPSA) is 56.5 Å². The van der Waals surface area contributed by atoms with E-state index >= 15 is 0 Å². The second kappa shape index (κ2) is 14.6. The molecule has 2 aliphatic rings. The first kappa shape index (κ1) is 34.2. The molecule has 2 aromatic rings. The molecule has 2 fully saturated rings. The van der Waals surface area contributed by atoms with Crippen LogP contribution in [0.2, 0.25) is 0 Å². The minimum atomic E-state index is -0.777. The monoisotopic (exact) mass is 601 g/mol. The van der Waals surface area contributed by atoms with Crippen LogP contribution in [0.5, 0.6) is 0 Å². The van der Waals surface area contributed by atoms with Crippen molar-refractivity contribution in [3.63, 3.8) is 0 Å². The molecule has 4 rings (SSSR count). The predicted molar refractivity (Wildman–Crippen MR) is 188 cm³/mol. The molecule has 0 amide bonds. The van der Waals surface area contributed by atoms with Gasteiger partial charge in [-0.2, -0.15) is 5.26 Å². The Kier molecular flexibility index (Phi) is 11.1. The minimum absolute atomic E-state index is 0.0320. The molecule has 1 aliphatic heterocycles. The van der Waals surface area contributed by atoms with Gasteiger partial charge in [0.1, 0.15) is 0 Å². The van der Waals surface area contributed by atoms with Crippen molar-refractivity contribution in [2.45, 2.75) is 98.2 Å². The molecular weight excluding hydrogens is 550 g/mol. The number of ether oxygens (including phenoxy) is 1. The summed E-state index contributed by atoms with van der Waals surface area (Å²) < 4.78 is 5.51. The minimum Gasteiger partial charge on any atom is -0.392 e. The summed E-state index contributed by atoms with van der Waals surface area (Å²) in [6.07, 6.45) is 14.0. The SMILES string of the molecule is C=C(C)/C=C1\C(=C)/C(=C/C=C/C)C(=C)C1(c1cc(C)c(CCC(C)CC)c(CO)c1)c1cc(C)c(CCC2CO2)c(CC#N)c1. The summed E-state index contributed by atoms with van der Waals surface area (Å²) >= 11 is 0. The lowest BCUT2D eigenvalue weighted by molar-refractivity contribution is 0.280. The van der Waals surface area contributed by atoms with Crippen molar-refractivity contribution in [2.75, 3.05) is 6.61 Å². The summed E-state index contributed by atoms with van der Waals surface area (Å²) in [7, 11) is 0. The molecule has 1 heterocycles. The van der Waals surface area contributed by atoms with Crippen molar-refractivity contribution in [3.05, 3.63) is 141 Å². The van der Waals surface area contributed by atoms with Crippen LogP contribution >= 0.6 is 0 Å². The molecule has 1 saturated carbocycles. The standard InChI is InChI=1S/C42H51NO2/c1-10-12-13-40-31(8)41(20-27(3)4)42(32(40)9,36-22-30(7)39(34(24-36)25-44)16-14-28(5)11-2)35-21-29(6)38(17-15-37-26-45-37)33(23-35)18-19-43/h10,12-13,20-24,28,37,44H,3,8-9,11,14-18,25-26H2,1-2,4-7H3/b12-10+,40-13-,41-20+. The van der Waals surface area contributed by atoms with Gasteiger partial charge in [-0.05, 0) is 126 Å². The summed E-state index contributed by atoms with van der Waals surface area (Å²) in [6, 6.07) is 11.4. The van der Waals surface area contributed by atoms with Gasteiger partial charge in [-0.25, -0.2) is 0 Å². The first-order valence-electron chi connectivity index (χ1n) is 16.5. The number of nitrogens with zero attached hydrogens (tertiary/aromatic N) is 1. The van der Waals surface area contributed by atoms with E-state index in [1.54, 1.807) is 0 Å². The number of aryl methyl sites for hydroxylation is 2. The first-order valence-corrected chi connectivity index (χ1v) is 16.5. The number of nitriles is 1. The Balaban J connectivity index is 2.08. The molecule has 3 unspecified atom stereocenters. The molecule has 0 bridgehead atoms.